The predicted molar refractivity (Wildman–Crippen MR) is 73.0 cm³/mol. The lowest BCUT2D eigenvalue weighted by Crippen LogP contribution is -1.89. The SMILES string of the molecule is CC#CC(C)c1ccccc1N=C=NCCC. The second-order valence-electron chi connectivity index (χ2n) is 3.77. The molecule has 2 heteroatoms. The minimum atomic E-state index is 0.188. The van der Waals surface area contributed by atoms with Gasteiger partial charge in [0, 0.05) is 12.5 Å². The largest absolute Gasteiger partial charge is 0.225 e. The molecule has 1 unspecified atom stereocenters. The first-order valence-corrected chi connectivity index (χ1v) is 5.93. The van der Waals surface area contributed by atoms with Crippen LogP contribution in [0, 0.1) is 11.8 Å². The quantitative estimate of drug-likeness (QED) is 0.547. The average molecular weight is 226 g/mol. The van der Waals surface area contributed by atoms with Crippen LogP contribution >= 0.6 is 0 Å². The van der Waals surface area contributed by atoms with E-state index >= 15 is 0 Å². The van der Waals surface area contributed by atoms with Gasteiger partial charge in [-0.15, -0.1) is 5.92 Å². The fraction of sp³-hybridized carbons (Fsp3) is 0.400. The van der Waals surface area contributed by atoms with E-state index in [1.165, 1.54) is 0 Å². The number of nitrogens with zero attached hydrogens (tertiary/aromatic N) is 2. The van der Waals surface area contributed by atoms with Gasteiger partial charge in [0.15, 0.2) is 0 Å². The zero-order chi connectivity index (χ0) is 12.5. The fourth-order valence-electron chi connectivity index (χ4n) is 1.50. The lowest BCUT2D eigenvalue weighted by atomic mass is 10.00. The second-order valence-corrected chi connectivity index (χ2v) is 3.77. The summed E-state index contributed by atoms with van der Waals surface area (Å²) < 4.78 is 0. The summed E-state index contributed by atoms with van der Waals surface area (Å²) in [4.78, 5) is 8.34. The molecule has 0 N–H and O–H groups in total. The Morgan fingerprint density at radius 3 is 2.76 bits per heavy atom. The van der Waals surface area contributed by atoms with Gasteiger partial charge < -0.3 is 0 Å². The zero-order valence-corrected chi connectivity index (χ0v) is 10.7. The Balaban J connectivity index is 2.98. The highest BCUT2D eigenvalue weighted by Gasteiger charge is 2.06. The van der Waals surface area contributed by atoms with Crippen molar-refractivity contribution < 1.29 is 0 Å². The number of hydrogen-bond donors (Lipinski definition) is 0. The maximum absolute atomic E-state index is 4.26. The Bertz CT molecular complexity index is 471. The predicted octanol–water partition coefficient (Wildman–Crippen LogP) is 4.03. The third-order valence-electron chi connectivity index (χ3n) is 2.34. The van der Waals surface area contributed by atoms with Crippen LogP contribution in [0.25, 0.3) is 0 Å². The Kier molecular flexibility index (Phi) is 5.79. The van der Waals surface area contributed by atoms with E-state index < -0.39 is 0 Å². The number of benzene rings is 1. The van der Waals surface area contributed by atoms with E-state index in [9.17, 15) is 0 Å². The van der Waals surface area contributed by atoms with Crippen molar-refractivity contribution in [1.29, 1.82) is 0 Å². The summed E-state index contributed by atoms with van der Waals surface area (Å²) in [5.74, 6) is 6.26. The number of aliphatic imine (C=N–C) groups is 2. The van der Waals surface area contributed by atoms with Crippen LogP contribution in [0.4, 0.5) is 5.69 Å². The third kappa shape index (κ3) is 4.26. The average Bonchev–Trinajstić information content (AvgIpc) is 2.35. The first kappa shape index (κ1) is 13.2. The van der Waals surface area contributed by atoms with E-state index in [1.807, 2.05) is 25.1 Å². The van der Waals surface area contributed by atoms with Gasteiger partial charge in [0.25, 0.3) is 0 Å². The number of para-hydroxylation sites is 1. The van der Waals surface area contributed by atoms with Crippen LogP contribution in [0.15, 0.2) is 34.3 Å². The minimum absolute atomic E-state index is 0.188. The highest BCUT2D eigenvalue weighted by molar-refractivity contribution is 5.57. The van der Waals surface area contributed by atoms with E-state index in [1.54, 1.807) is 0 Å². The minimum Gasteiger partial charge on any atom is -0.225 e. The fourth-order valence-corrected chi connectivity index (χ4v) is 1.50. The molecule has 88 valence electrons. The Morgan fingerprint density at radius 1 is 1.29 bits per heavy atom. The molecule has 0 aliphatic heterocycles. The van der Waals surface area contributed by atoms with E-state index in [0.717, 1.165) is 24.2 Å². The van der Waals surface area contributed by atoms with Gasteiger partial charge in [-0.3, -0.25) is 0 Å². The molecule has 0 amide bonds. The van der Waals surface area contributed by atoms with Crippen molar-refractivity contribution in [3.05, 3.63) is 29.8 Å². The third-order valence-corrected chi connectivity index (χ3v) is 2.34. The molecular formula is C15H18N2. The smallest absolute Gasteiger partial charge is 0.0949 e. The molecule has 1 rings (SSSR count). The summed E-state index contributed by atoms with van der Waals surface area (Å²) in [5, 5.41) is 0. The van der Waals surface area contributed by atoms with Crippen molar-refractivity contribution in [3.8, 4) is 11.8 Å². The van der Waals surface area contributed by atoms with Crippen LogP contribution in [0.3, 0.4) is 0 Å². The van der Waals surface area contributed by atoms with Gasteiger partial charge >= 0.3 is 0 Å². The molecular weight excluding hydrogens is 208 g/mol. The van der Waals surface area contributed by atoms with E-state index in [0.29, 0.717) is 0 Å². The summed E-state index contributed by atoms with van der Waals surface area (Å²) in [6, 6.07) is 10.7. The topological polar surface area (TPSA) is 24.7 Å². The molecule has 0 aromatic heterocycles. The first-order valence-electron chi connectivity index (χ1n) is 5.93. The first-order chi connectivity index (χ1) is 8.29. The molecule has 2 nitrogen and oxygen atoms in total. The van der Waals surface area contributed by atoms with E-state index in [4.69, 9.17) is 0 Å². The normalized spacial score (nSPS) is 10.8. The van der Waals surface area contributed by atoms with Crippen molar-refractivity contribution in [3.63, 3.8) is 0 Å². The molecule has 1 aromatic carbocycles. The molecule has 1 atom stereocenters. The van der Waals surface area contributed by atoms with E-state index in [-0.39, 0.29) is 5.92 Å². The molecule has 0 saturated carbocycles. The molecule has 17 heavy (non-hydrogen) atoms. The molecule has 0 aliphatic rings. The van der Waals surface area contributed by atoms with Gasteiger partial charge in [0.1, 0.15) is 0 Å². The molecule has 0 aliphatic carbocycles. The van der Waals surface area contributed by atoms with Gasteiger partial charge in [-0.2, -0.15) is 4.99 Å². The van der Waals surface area contributed by atoms with Gasteiger partial charge in [0.05, 0.1) is 11.7 Å². The molecule has 0 spiro atoms. The van der Waals surface area contributed by atoms with Crippen molar-refractivity contribution in [2.24, 2.45) is 9.98 Å². The Morgan fingerprint density at radius 2 is 2.06 bits per heavy atom. The maximum Gasteiger partial charge on any atom is 0.0949 e. The molecule has 0 fully saturated rings. The van der Waals surface area contributed by atoms with Crippen molar-refractivity contribution >= 4 is 11.7 Å². The van der Waals surface area contributed by atoms with Crippen LogP contribution in [-0.2, 0) is 0 Å². The van der Waals surface area contributed by atoms with Crippen LogP contribution in [0.5, 0.6) is 0 Å². The van der Waals surface area contributed by atoms with Gasteiger partial charge in [-0.05, 0) is 31.9 Å². The van der Waals surface area contributed by atoms with Crippen LogP contribution in [0.2, 0.25) is 0 Å². The summed E-state index contributed by atoms with van der Waals surface area (Å²) in [6.07, 6.45) is 1.02. The maximum atomic E-state index is 4.26. The molecule has 0 bridgehead atoms. The summed E-state index contributed by atoms with van der Waals surface area (Å²) in [7, 11) is 0. The highest BCUT2D eigenvalue weighted by Crippen LogP contribution is 2.25. The highest BCUT2D eigenvalue weighted by atomic mass is 14.8. The van der Waals surface area contributed by atoms with Crippen molar-refractivity contribution in [2.45, 2.75) is 33.1 Å². The standard InChI is InChI=1S/C15H18N2/c1-4-8-13(3)14-9-6-7-10-15(14)17-12-16-11-5-2/h6-7,9-10,13H,5,11H2,1-3H3. The summed E-state index contributed by atoms with van der Waals surface area (Å²) in [5.41, 5.74) is 2.03. The Labute approximate surface area is 104 Å². The summed E-state index contributed by atoms with van der Waals surface area (Å²) in [6.45, 7) is 6.78. The van der Waals surface area contributed by atoms with E-state index in [2.05, 4.69) is 47.7 Å². The lowest BCUT2D eigenvalue weighted by Gasteiger charge is -2.06. The number of rotatable bonds is 4. The second kappa shape index (κ2) is 7.44. The lowest BCUT2D eigenvalue weighted by molar-refractivity contribution is 0.937. The van der Waals surface area contributed by atoms with Gasteiger partial charge in [0.2, 0.25) is 0 Å². The van der Waals surface area contributed by atoms with Gasteiger partial charge in [-0.25, -0.2) is 4.99 Å². The summed E-state index contributed by atoms with van der Waals surface area (Å²) >= 11 is 0. The molecule has 0 saturated heterocycles. The van der Waals surface area contributed by atoms with Gasteiger partial charge in [-0.1, -0.05) is 31.0 Å². The van der Waals surface area contributed by atoms with Crippen molar-refractivity contribution in [2.75, 3.05) is 6.54 Å². The van der Waals surface area contributed by atoms with Crippen LogP contribution < -0.4 is 0 Å². The zero-order valence-electron chi connectivity index (χ0n) is 10.7. The monoisotopic (exact) mass is 226 g/mol. The Hall–Kier alpha value is -1.84. The van der Waals surface area contributed by atoms with Crippen LogP contribution in [0.1, 0.15) is 38.7 Å². The van der Waals surface area contributed by atoms with Crippen LogP contribution in [-0.4, -0.2) is 12.6 Å². The van der Waals surface area contributed by atoms with Crippen molar-refractivity contribution in [1.82, 2.24) is 0 Å². The molecule has 0 radical (unpaired) electrons. The number of hydrogen-bond acceptors (Lipinski definition) is 2. The molecule has 1 aromatic rings. The molecule has 0 heterocycles.